The summed E-state index contributed by atoms with van der Waals surface area (Å²) >= 11 is 0. The van der Waals surface area contributed by atoms with Gasteiger partial charge in [0.05, 0.1) is 0 Å². The van der Waals surface area contributed by atoms with Gasteiger partial charge in [-0.15, -0.1) is 0 Å². The van der Waals surface area contributed by atoms with Crippen LogP contribution in [0, 0.1) is 0 Å². The molecule has 4 aromatic carbocycles. The quantitative estimate of drug-likeness (QED) is 0.0967. The van der Waals surface area contributed by atoms with Crippen LogP contribution in [0.5, 0.6) is 5.75 Å². The van der Waals surface area contributed by atoms with Gasteiger partial charge in [-0.3, -0.25) is 18.5 Å². The molecule has 183 valence electrons. The van der Waals surface area contributed by atoms with E-state index in [-0.39, 0.29) is 133 Å². The first-order chi connectivity index (χ1) is 15.6. The fraction of sp³-hybridized carbons (Fsp3) is 0.150. The van der Waals surface area contributed by atoms with Crippen molar-refractivity contribution in [1.29, 1.82) is 0 Å². The van der Waals surface area contributed by atoms with E-state index in [9.17, 15) is 43.7 Å². The molecule has 0 saturated heterocycles. The predicted octanol–water partition coefficient (Wildman–Crippen LogP) is 1.89. The first kappa shape index (κ1) is 35.1. The van der Waals surface area contributed by atoms with Crippen LogP contribution in [0.25, 0.3) is 32.3 Å². The molecule has 0 heterocycles. The average molecular weight is 598 g/mol. The van der Waals surface area contributed by atoms with Crippen LogP contribution in [-0.4, -0.2) is 134 Å². The van der Waals surface area contributed by atoms with E-state index in [0.717, 1.165) is 18.2 Å². The van der Waals surface area contributed by atoms with Gasteiger partial charge in [0, 0.05) is 133 Å². The summed E-state index contributed by atoms with van der Waals surface area (Å²) in [6, 6.07) is 6.31. The molecule has 37 heavy (non-hydrogen) atoms. The van der Waals surface area contributed by atoms with Gasteiger partial charge in [-0.05, 0) is 18.6 Å². The number of benzene rings is 4. The van der Waals surface area contributed by atoms with E-state index >= 15 is 0 Å². The second-order valence-electron chi connectivity index (χ2n) is 7.47. The van der Waals surface area contributed by atoms with Gasteiger partial charge in [-0.2, -0.15) is 25.3 Å². The standard InChI is InChI=1S/C20H16O11S3.3Na/c1-2-3-18(21)31-14-8-15(32(22,23)24)11-6-7-13-17(34(28,29)30)9-16(33(25,26)27)12-5-4-10(14)19(11)20(12)13;;;/h4-9H,2-3H2,1H3,(H,22,23,24)(H,25,26,27)(H,28,29,30);;;. The number of esters is 1. The summed E-state index contributed by atoms with van der Waals surface area (Å²) in [4.78, 5) is 9.75. The van der Waals surface area contributed by atoms with Gasteiger partial charge in [-0.1, -0.05) is 25.1 Å². The summed E-state index contributed by atoms with van der Waals surface area (Å²) in [5.74, 6) is -0.991. The molecule has 3 N–H and O–H groups in total. The molecular formula is C20H16Na3O11S3. The van der Waals surface area contributed by atoms with E-state index in [1.807, 2.05) is 0 Å². The normalized spacial score (nSPS) is 12.1. The smallest absolute Gasteiger partial charge is 0.311 e. The van der Waals surface area contributed by atoms with E-state index < -0.39 is 51.0 Å². The van der Waals surface area contributed by atoms with Gasteiger partial charge < -0.3 is 4.74 Å². The molecule has 3 radical (unpaired) electrons. The molecule has 0 bridgehead atoms. The summed E-state index contributed by atoms with van der Waals surface area (Å²) in [5, 5.41) is -0.656. The van der Waals surface area contributed by atoms with Crippen molar-refractivity contribution in [2.75, 3.05) is 0 Å². The van der Waals surface area contributed by atoms with Gasteiger partial charge in [-0.25, -0.2) is 0 Å². The molecule has 0 aliphatic carbocycles. The zero-order chi connectivity index (χ0) is 25.2. The van der Waals surface area contributed by atoms with Crippen LogP contribution in [0.15, 0.2) is 51.1 Å². The summed E-state index contributed by atoms with van der Waals surface area (Å²) < 4.78 is 107. The number of hydrogen-bond donors (Lipinski definition) is 3. The van der Waals surface area contributed by atoms with Crippen LogP contribution in [0.3, 0.4) is 0 Å². The maximum Gasteiger partial charge on any atom is 0.311 e. The Bertz CT molecular complexity index is 1780. The van der Waals surface area contributed by atoms with Crippen LogP contribution in [-0.2, 0) is 35.1 Å². The molecule has 0 spiro atoms. The first-order valence-corrected chi connectivity index (χ1v) is 13.9. The van der Waals surface area contributed by atoms with Crippen LogP contribution in [0.1, 0.15) is 19.8 Å². The maximum atomic E-state index is 12.1. The van der Waals surface area contributed by atoms with Gasteiger partial charge in [0.1, 0.15) is 20.4 Å². The number of rotatable bonds is 6. The Balaban J connectivity index is 0.00000228. The molecule has 0 aliphatic heterocycles. The Hall–Kier alpha value is 0.120. The third-order valence-electron chi connectivity index (χ3n) is 5.26. The molecular weight excluding hydrogens is 581 g/mol. The summed E-state index contributed by atoms with van der Waals surface area (Å²) in [6.07, 6.45) is 0.411. The van der Waals surface area contributed by atoms with E-state index in [0.29, 0.717) is 12.5 Å². The molecule has 4 aromatic rings. The van der Waals surface area contributed by atoms with Crippen molar-refractivity contribution in [1.82, 2.24) is 0 Å². The number of carbonyl (C=O) groups excluding carboxylic acids is 1. The summed E-state index contributed by atoms with van der Waals surface area (Å²) in [5.41, 5.74) is 0. The predicted molar refractivity (Wildman–Crippen MR) is 137 cm³/mol. The van der Waals surface area contributed by atoms with Gasteiger partial charge >= 0.3 is 5.97 Å². The van der Waals surface area contributed by atoms with Crippen molar-refractivity contribution in [2.24, 2.45) is 0 Å². The Morgan fingerprint density at radius 1 is 0.676 bits per heavy atom. The van der Waals surface area contributed by atoms with Crippen molar-refractivity contribution in [3.8, 4) is 5.75 Å². The second kappa shape index (κ2) is 12.3. The van der Waals surface area contributed by atoms with Gasteiger partial charge in [0.25, 0.3) is 30.4 Å². The molecule has 0 saturated carbocycles. The van der Waals surface area contributed by atoms with Crippen molar-refractivity contribution in [2.45, 2.75) is 34.5 Å². The fourth-order valence-corrected chi connectivity index (χ4v) is 6.18. The Labute approximate surface area is 278 Å². The van der Waals surface area contributed by atoms with Crippen LogP contribution >= 0.6 is 0 Å². The largest absolute Gasteiger partial charge is 0.426 e. The molecule has 0 fully saturated rings. The minimum Gasteiger partial charge on any atom is -0.426 e. The Morgan fingerprint density at radius 3 is 1.41 bits per heavy atom. The van der Waals surface area contributed by atoms with Crippen molar-refractivity contribution >= 4 is 157 Å². The third-order valence-corrected chi connectivity index (χ3v) is 7.94. The number of ether oxygens (including phenoxy) is 1. The molecule has 0 aliphatic rings. The molecule has 0 aromatic heterocycles. The van der Waals surface area contributed by atoms with Crippen LogP contribution in [0.4, 0.5) is 0 Å². The topological polar surface area (TPSA) is 189 Å². The minimum absolute atomic E-state index is 0. The molecule has 0 amide bonds. The zero-order valence-corrected chi connectivity index (χ0v) is 28.7. The van der Waals surface area contributed by atoms with Crippen molar-refractivity contribution in [3.05, 3.63) is 36.4 Å². The van der Waals surface area contributed by atoms with E-state index in [4.69, 9.17) is 4.74 Å². The molecule has 0 atom stereocenters. The summed E-state index contributed by atoms with van der Waals surface area (Å²) in [6.45, 7) is 1.71. The van der Waals surface area contributed by atoms with E-state index in [2.05, 4.69) is 0 Å². The third kappa shape index (κ3) is 6.72. The van der Waals surface area contributed by atoms with Gasteiger partial charge in [0.15, 0.2) is 0 Å². The van der Waals surface area contributed by atoms with E-state index in [1.54, 1.807) is 6.92 Å². The number of hydrogen-bond acceptors (Lipinski definition) is 8. The SMILES string of the molecule is CCCC(=O)Oc1cc(S(=O)(=O)O)c2ccc3c(S(=O)(=O)O)cc(S(=O)(=O)O)c4ccc1c2c43.[Na].[Na].[Na]. The Morgan fingerprint density at radius 2 is 1.03 bits per heavy atom. The first-order valence-electron chi connectivity index (χ1n) is 9.56. The van der Waals surface area contributed by atoms with Gasteiger partial charge in [0.2, 0.25) is 0 Å². The average Bonchev–Trinajstić information content (AvgIpc) is 2.70. The zero-order valence-electron chi connectivity index (χ0n) is 20.2. The molecule has 4 rings (SSSR count). The fourth-order valence-electron chi connectivity index (χ4n) is 3.97. The van der Waals surface area contributed by atoms with Crippen LogP contribution < -0.4 is 4.74 Å². The molecule has 17 heteroatoms. The molecule has 0 unspecified atom stereocenters. The monoisotopic (exact) mass is 597 g/mol. The van der Waals surface area contributed by atoms with Crippen molar-refractivity contribution < 1.29 is 48.4 Å². The number of carbonyl (C=O) groups is 1. The second-order valence-corrected chi connectivity index (χ2v) is 11.6. The Kier molecular flexibility index (Phi) is 11.7. The van der Waals surface area contributed by atoms with Crippen LogP contribution in [0.2, 0.25) is 0 Å². The van der Waals surface area contributed by atoms with E-state index in [1.165, 1.54) is 12.1 Å². The summed E-state index contributed by atoms with van der Waals surface area (Å²) in [7, 11) is -14.9. The molecule has 11 nitrogen and oxygen atoms in total. The maximum absolute atomic E-state index is 12.1. The minimum atomic E-state index is -5.01. The van der Waals surface area contributed by atoms with Crippen molar-refractivity contribution in [3.63, 3.8) is 0 Å².